The molecule has 0 unspecified atom stereocenters. The summed E-state index contributed by atoms with van der Waals surface area (Å²) in [4.78, 5) is 10.8. The monoisotopic (exact) mass is 323 g/mol. The van der Waals surface area contributed by atoms with E-state index in [4.69, 9.17) is 25.1 Å². The van der Waals surface area contributed by atoms with Crippen molar-refractivity contribution in [3.63, 3.8) is 0 Å². The number of aliphatic hydroxyl groups is 5. The average Bonchev–Trinajstić information content (AvgIpc) is 2.83. The highest BCUT2D eigenvalue weighted by molar-refractivity contribution is 5.58. The minimum Gasteiger partial charge on any atom is -0.394 e. The normalized spacial score (nSPS) is 49.3. The minimum atomic E-state index is -1.41. The number of ether oxygens (including phenoxy) is 3. The SMILES string of the molecule is N[C@H]1[C@H](O[C@H]2[C@H](O)[C@@H](C=O)O[C@@H]2CO)O[C@H](CO)[C@@H](O)[C@@H]1O. The topological polar surface area (TPSA) is 172 Å². The third kappa shape index (κ3) is 3.15. The summed E-state index contributed by atoms with van der Waals surface area (Å²) in [6, 6.07) is -1.15. The molecule has 10 heteroatoms. The average molecular weight is 323 g/mol. The van der Waals surface area contributed by atoms with E-state index in [-0.39, 0.29) is 0 Å². The molecule has 0 amide bonds. The van der Waals surface area contributed by atoms with Gasteiger partial charge in [0.15, 0.2) is 12.6 Å². The zero-order valence-corrected chi connectivity index (χ0v) is 11.6. The fraction of sp³-hybridized carbons (Fsp3) is 0.917. The van der Waals surface area contributed by atoms with E-state index in [2.05, 4.69) is 0 Å². The van der Waals surface area contributed by atoms with E-state index in [0.29, 0.717) is 6.29 Å². The molecule has 2 fully saturated rings. The molecule has 2 saturated heterocycles. The second-order valence-electron chi connectivity index (χ2n) is 5.33. The van der Waals surface area contributed by atoms with Gasteiger partial charge in [-0.25, -0.2) is 0 Å². The van der Waals surface area contributed by atoms with E-state index >= 15 is 0 Å². The van der Waals surface area contributed by atoms with Gasteiger partial charge in [0.1, 0.15) is 42.7 Å². The van der Waals surface area contributed by atoms with Gasteiger partial charge in [-0.1, -0.05) is 0 Å². The van der Waals surface area contributed by atoms with Crippen molar-refractivity contribution in [2.24, 2.45) is 5.73 Å². The van der Waals surface area contributed by atoms with Gasteiger partial charge in [-0.15, -0.1) is 0 Å². The van der Waals surface area contributed by atoms with Gasteiger partial charge in [-0.05, 0) is 0 Å². The highest BCUT2D eigenvalue weighted by Gasteiger charge is 2.49. The lowest BCUT2D eigenvalue weighted by molar-refractivity contribution is -0.286. The molecule has 2 heterocycles. The van der Waals surface area contributed by atoms with Gasteiger partial charge < -0.3 is 50.3 Å². The van der Waals surface area contributed by atoms with Crippen molar-refractivity contribution in [2.45, 2.75) is 55.1 Å². The van der Waals surface area contributed by atoms with Crippen molar-refractivity contribution in [3.8, 4) is 0 Å². The van der Waals surface area contributed by atoms with Crippen molar-refractivity contribution in [1.82, 2.24) is 0 Å². The van der Waals surface area contributed by atoms with Gasteiger partial charge in [0.2, 0.25) is 0 Å². The summed E-state index contributed by atoms with van der Waals surface area (Å²) in [6.07, 6.45) is -9.39. The highest BCUT2D eigenvalue weighted by Crippen LogP contribution is 2.28. The molecule has 22 heavy (non-hydrogen) atoms. The van der Waals surface area contributed by atoms with E-state index in [1.54, 1.807) is 0 Å². The molecule has 2 aliphatic heterocycles. The van der Waals surface area contributed by atoms with Crippen LogP contribution in [0.15, 0.2) is 0 Å². The maximum Gasteiger partial charge on any atom is 0.176 e. The summed E-state index contributed by atoms with van der Waals surface area (Å²) in [6.45, 7) is -1.09. The van der Waals surface area contributed by atoms with Crippen LogP contribution in [0.5, 0.6) is 0 Å². The van der Waals surface area contributed by atoms with E-state index < -0.39 is 68.3 Å². The predicted molar refractivity (Wildman–Crippen MR) is 68.4 cm³/mol. The molecule has 0 radical (unpaired) electrons. The Hall–Kier alpha value is -0.690. The van der Waals surface area contributed by atoms with Crippen LogP contribution in [0.2, 0.25) is 0 Å². The van der Waals surface area contributed by atoms with Crippen LogP contribution >= 0.6 is 0 Å². The lowest BCUT2D eigenvalue weighted by atomic mass is 9.97. The molecule has 0 aromatic heterocycles. The van der Waals surface area contributed by atoms with Crippen molar-refractivity contribution in [2.75, 3.05) is 13.2 Å². The second-order valence-corrected chi connectivity index (χ2v) is 5.33. The third-order valence-corrected chi connectivity index (χ3v) is 3.91. The molecule has 0 aliphatic carbocycles. The van der Waals surface area contributed by atoms with Crippen LogP contribution in [0.25, 0.3) is 0 Å². The van der Waals surface area contributed by atoms with Gasteiger partial charge in [0.05, 0.1) is 19.3 Å². The second kappa shape index (κ2) is 7.25. The molecule has 7 N–H and O–H groups in total. The summed E-state index contributed by atoms with van der Waals surface area (Å²) in [5, 5.41) is 47.8. The summed E-state index contributed by atoms with van der Waals surface area (Å²) < 4.78 is 15.8. The van der Waals surface area contributed by atoms with Crippen LogP contribution < -0.4 is 5.73 Å². The third-order valence-electron chi connectivity index (χ3n) is 3.91. The maximum absolute atomic E-state index is 10.8. The fourth-order valence-corrected chi connectivity index (χ4v) is 2.58. The molecule has 0 bridgehead atoms. The van der Waals surface area contributed by atoms with Gasteiger partial charge in [-0.2, -0.15) is 0 Å². The zero-order chi connectivity index (χ0) is 16.4. The summed E-state index contributed by atoms with van der Waals surface area (Å²) >= 11 is 0. The first-order valence-corrected chi connectivity index (χ1v) is 6.87. The van der Waals surface area contributed by atoms with Crippen molar-refractivity contribution in [1.29, 1.82) is 0 Å². The van der Waals surface area contributed by atoms with Crippen molar-refractivity contribution in [3.05, 3.63) is 0 Å². The molecular formula is C12H21NO9. The van der Waals surface area contributed by atoms with Crippen LogP contribution in [0.1, 0.15) is 0 Å². The predicted octanol–water partition coefficient (Wildman–Crippen LogP) is -4.54. The number of carbonyl (C=O) groups excluding carboxylic acids is 1. The number of nitrogens with two attached hydrogens (primary N) is 1. The first kappa shape index (κ1) is 17.7. The number of carbonyl (C=O) groups is 1. The van der Waals surface area contributed by atoms with Gasteiger partial charge >= 0.3 is 0 Å². The van der Waals surface area contributed by atoms with E-state index in [9.17, 15) is 25.2 Å². The van der Waals surface area contributed by atoms with Crippen LogP contribution in [0.4, 0.5) is 0 Å². The Morgan fingerprint density at radius 3 is 2.18 bits per heavy atom. The van der Waals surface area contributed by atoms with E-state index in [1.165, 1.54) is 0 Å². The molecule has 0 saturated carbocycles. The van der Waals surface area contributed by atoms with Crippen LogP contribution in [0.3, 0.4) is 0 Å². The molecule has 10 nitrogen and oxygen atoms in total. The smallest absolute Gasteiger partial charge is 0.176 e. The van der Waals surface area contributed by atoms with E-state index in [1.807, 2.05) is 0 Å². The van der Waals surface area contributed by atoms with Crippen molar-refractivity contribution < 1.29 is 44.5 Å². The first-order valence-electron chi connectivity index (χ1n) is 6.87. The quantitative estimate of drug-likeness (QED) is 0.271. The number of aliphatic hydroxyl groups excluding tert-OH is 5. The largest absolute Gasteiger partial charge is 0.394 e. The summed E-state index contributed by atoms with van der Waals surface area (Å²) in [5.41, 5.74) is 5.71. The molecule has 9 atom stereocenters. The number of hydrogen-bond acceptors (Lipinski definition) is 10. The highest BCUT2D eigenvalue weighted by atomic mass is 16.7. The maximum atomic E-state index is 10.8. The molecule has 2 aliphatic rings. The van der Waals surface area contributed by atoms with Crippen LogP contribution in [-0.2, 0) is 19.0 Å². The Morgan fingerprint density at radius 1 is 1.00 bits per heavy atom. The Morgan fingerprint density at radius 2 is 1.64 bits per heavy atom. The minimum absolute atomic E-state index is 0.382. The van der Waals surface area contributed by atoms with Gasteiger partial charge in [0.25, 0.3) is 0 Å². The Bertz CT molecular complexity index is 382. The summed E-state index contributed by atoms with van der Waals surface area (Å²) in [5.74, 6) is 0. The number of aldehydes is 1. The van der Waals surface area contributed by atoms with Gasteiger partial charge in [0, 0.05) is 0 Å². The molecule has 0 aromatic rings. The van der Waals surface area contributed by atoms with E-state index in [0.717, 1.165) is 0 Å². The summed E-state index contributed by atoms with van der Waals surface area (Å²) in [7, 11) is 0. The molecule has 0 spiro atoms. The zero-order valence-electron chi connectivity index (χ0n) is 11.6. The molecular weight excluding hydrogens is 302 g/mol. The first-order chi connectivity index (χ1) is 10.4. The Labute approximate surface area is 126 Å². The standard InChI is InChI=1S/C12H21NO9/c13-7-10(19)8(17)4(1-14)21-12(7)22-11-6(3-16)20-5(2-15)9(11)18/h2,4-12,14,16-19H,1,3,13H2/t4-,5-,6-,7-,8-,9-,10-,11-,12+/m1/s1. The fourth-order valence-electron chi connectivity index (χ4n) is 2.58. The number of rotatable bonds is 5. The lowest BCUT2D eigenvalue weighted by Crippen LogP contribution is -2.63. The molecule has 2 rings (SSSR count). The lowest BCUT2D eigenvalue weighted by Gasteiger charge is -2.41. The van der Waals surface area contributed by atoms with Crippen LogP contribution in [0, 0.1) is 0 Å². The van der Waals surface area contributed by atoms with Gasteiger partial charge in [-0.3, -0.25) is 0 Å². The number of hydrogen-bond donors (Lipinski definition) is 6. The molecule has 128 valence electrons. The Balaban J connectivity index is 2.09. The molecule has 0 aromatic carbocycles. The Kier molecular flexibility index (Phi) is 5.82. The van der Waals surface area contributed by atoms with Crippen molar-refractivity contribution >= 4 is 6.29 Å². The van der Waals surface area contributed by atoms with Crippen LogP contribution in [-0.4, -0.2) is 100 Å².